The minimum Gasteiger partial charge on any atom is -0.481 e. The van der Waals surface area contributed by atoms with Gasteiger partial charge in [0.1, 0.15) is 0 Å². The number of halogens is 3. The van der Waals surface area contributed by atoms with Crippen LogP contribution in [0.25, 0.3) is 0 Å². The van der Waals surface area contributed by atoms with Gasteiger partial charge in [-0.3, -0.25) is 14.6 Å². The molecule has 1 N–H and O–H groups in total. The molecule has 0 aliphatic carbocycles. The Kier molecular flexibility index (Phi) is 4.59. The molecule has 0 bridgehead atoms. The zero-order valence-corrected chi connectivity index (χ0v) is 11.6. The second kappa shape index (κ2) is 5.89. The quantitative estimate of drug-likeness (QED) is 0.862. The number of piperidine rings is 1. The molecular weight excluding hydrogens is 273 g/mol. The Hall–Kier alpha value is -0.820. The Morgan fingerprint density at radius 3 is 2.65 bits per heavy atom. The molecule has 7 heteroatoms. The highest BCUT2D eigenvalue weighted by molar-refractivity contribution is 5.71. The molecule has 2 saturated heterocycles. The van der Waals surface area contributed by atoms with Gasteiger partial charge in [-0.1, -0.05) is 6.42 Å². The molecule has 0 amide bonds. The number of hydrogen-bond acceptors (Lipinski definition) is 3. The van der Waals surface area contributed by atoms with Gasteiger partial charge in [0, 0.05) is 31.7 Å². The fraction of sp³-hybridized carbons (Fsp3) is 0.923. The van der Waals surface area contributed by atoms with Gasteiger partial charge < -0.3 is 5.11 Å². The lowest BCUT2D eigenvalue weighted by Gasteiger charge is -2.48. The van der Waals surface area contributed by atoms with Crippen LogP contribution < -0.4 is 0 Å². The minimum absolute atomic E-state index is 0.0338. The van der Waals surface area contributed by atoms with Crippen molar-refractivity contribution >= 4 is 5.97 Å². The molecule has 20 heavy (non-hydrogen) atoms. The van der Waals surface area contributed by atoms with Gasteiger partial charge in [-0.2, -0.15) is 13.2 Å². The van der Waals surface area contributed by atoms with Crippen LogP contribution in [-0.2, 0) is 4.79 Å². The van der Waals surface area contributed by atoms with E-state index in [1.807, 2.05) is 6.92 Å². The molecule has 0 aromatic carbocycles. The van der Waals surface area contributed by atoms with E-state index < -0.39 is 24.6 Å². The van der Waals surface area contributed by atoms with Crippen LogP contribution in [0.1, 0.15) is 26.2 Å². The first-order chi connectivity index (χ1) is 9.29. The van der Waals surface area contributed by atoms with E-state index in [-0.39, 0.29) is 12.1 Å². The second-order valence-corrected chi connectivity index (χ2v) is 5.88. The Morgan fingerprint density at radius 1 is 1.35 bits per heavy atom. The number of piperazine rings is 1. The predicted octanol–water partition coefficient (Wildman–Crippen LogP) is 1.81. The van der Waals surface area contributed by atoms with Crippen molar-refractivity contribution in [3.05, 3.63) is 0 Å². The van der Waals surface area contributed by atoms with E-state index >= 15 is 0 Å². The van der Waals surface area contributed by atoms with Gasteiger partial charge in [-0.25, -0.2) is 0 Å². The Morgan fingerprint density at radius 2 is 2.05 bits per heavy atom. The van der Waals surface area contributed by atoms with E-state index in [1.54, 1.807) is 4.90 Å². The zero-order valence-electron chi connectivity index (χ0n) is 11.6. The van der Waals surface area contributed by atoms with E-state index in [0.29, 0.717) is 6.54 Å². The first-order valence-corrected chi connectivity index (χ1v) is 7.06. The summed E-state index contributed by atoms with van der Waals surface area (Å²) in [6, 6.07) is 0.246. The molecule has 2 aliphatic heterocycles. The molecule has 2 aliphatic rings. The number of nitrogens with zero attached hydrogens (tertiary/aromatic N) is 2. The fourth-order valence-electron chi connectivity index (χ4n) is 3.22. The van der Waals surface area contributed by atoms with Crippen molar-refractivity contribution in [3.8, 4) is 0 Å². The molecule has 4 nitrogen and oxygen atoms in total. The SMILES string of the molecule is CC1CN2CCCCC2CN1CC(C(=O)O)C(F)(F)F. The third-order valence-corrected chi connectivity index (χ3v) is 4.43. The molecule has 0 aromatic heterocycles. The molecule has 2 rings (SSSR count). The summed E-state index contributed by atoms with van der Waals surface area (Å²) in [4.78, 5) is 14.9. The van der Waals surface area contributed by atoms with Crippen molar-refractivity contribution in [1.29, 1.82) is 0 Å². The Balaban J connectivity index is 2.02. The maximum absolute atomic E-state index is 12.8. The van der Waals surface area contributed by atoms with Crippen molar-refractivity contribution < 1.29 is 23.1 Å². The summed E-state index contributed by atoms with van der Waals surface area (Å²) in [6.45, 7) is 3.71. The molecule has 116 valence electrons. The smallest absolute Gasteiger partial charge is 0.403 e. The second-order valence-electron chi connectivity index (χ2n) is 5.88. The third kappa shape index (κ3) is 3.44. The first kappa shape index (κ1) is 15.6. The van der Waals surface area contributed by atoms with Crippen LogP contribution in [0, 0.1) is 5.92 Å². The summed E-state index contributed by atoms with van der Waals surface area (Å²) in [5, 5.41) is 8.80. The molecule has 0 radical (unpaired) electrons. The number of fused-ring (bicyclic) bond motifs is 1. The monoisotopic (exact) mass is 294 g/mol. The highest BCUT2D eigenvalue weighted by atomic mass is 19.4. The number of carbonyl (C=O) groups is 1. The van der Waals surface area contributed by atoms with E-state index in [1.165, 1.54) is 0 Å². The zero-order chi connectivity index (χ0) is 14.9. The van der Waals surface area contributed by atoms with Crippen LogP contribution >= 0.6 is 0 Å². The summed E-state index contributed by atoms with van der Waals surface area (Å²) in [7, 11) is 0. The van der Waals surface area contributed by atoms with Crippen LogP contribution in [-0.4, -0.2) is 65.3 Å². The normalized spacial score (nSPS) is 30.8. The molecule has 0 spiro atoms. The van der Waals surface area contributed by atoms with Crippen LogP contribution in [0.15, 0.2) is 0 Å². The largest absolute Gasteiger partial charge is 0.481 e. The van der Waals surface area contributed by atoms with Crippen molar-refractivity contribution in [2.75, 3.05) is 26.2 Å². The number of alkyl halides is 3. The summed E-state index contributed by atoms with van der Waals surface area (Å²) < 4.78 is 38.3. The highest BCUT2D eigenvalue weighted by Crippen LogP contribution is 2.30. The molecule has 2 heterocycles. The summed E-state index contributed by atoms with van der Waals surface area (Å²) >= 11 is 0. The van der Waals surface area contributed by atoms with Gasteiger partial charge in [-0.05, 0) is 26.3 Å². The van der Waals surface area contributed by atoms with E-state index in [4.69, 9.17) is 5.11 Å². The van der Waals surface area contributed by atoms with Crippen LogP contribution in [0.5, 0.6) is 0 Å². The summed E-state index contributed by atoms with van der Waals surface area (Å²) in [5.41, 5.74) is 0. The molecule has 3 atom stereocenters. The van der Waals surface area contributed by atoms with Gasteiger partial charge >= 0.3 is 12.1 Å². The van der Waals surface area contributed by atoms with Crippen molar-refractivity contribution in [3.63, 3.8) is 0 Å². The van der Waals surface area contributed by atoms with Gasteiger partial charge in [0.2, 0.25) is 0 Å². The van der Waals surface area contributed by atoms with Gasteiger partial charge in [-0.15, -0.1) is 0 Å². The molecule has 0 saturated carbocycles. The summed E-state index contributed by atoms with van der Waals surface area (Å²) in [6.07, 6.45) is -1.45. The average molecular weight is 294 g/mol. The number of rotatable bonds is 3. The number of hydrogen-bond donors (Lipinski definition) is 1. The molecule has 2 fully saturated rings. The van der Waals surface area contributed by atoms with Crippen molar-refractivity contribution in [1.82, 2.24) is 9.80 Å². The minimum atomic E-state index is -4.69. The fourth-order valence-corrected chi connectivity index (χ4v) is 3.22. The maximum atomic E-state index is 12.8. The van der Waals surface area contributed by atoms with Gasteiger partial charge in [0.25, 0.3) is 0 Å². The average Bonchev–Trinajstić information content (AvgIpc) is 2.34. The van der Waals surface area contributed by atoms with Crippen molar-refractivity contribution in [2.24, 2.45) is 5.92 Å². The molecular formula is C13H21F3N2O2. The lowest BCUT2D eigenvalue weighted by atomic mass is 9.96. The molecule has 3 unspecified atom stereocenters. The maximum Gasteiger partial charge on any atom is 0.403 e. The third-order valence-electron chi connectivity index (χ3n) is 4.43. The van der Waals surface area contributed by atoms with E-state index in [9.17, 15) is 18.0 Å². The Labute approximate surface area is 116 Å². The van der Waals surface area contributed by atoms with E-state index in [2.05, 4.69) is 4.90 Å². The van der Waals surface area contributed by atoms with Crippen LogP contribution in [0.2, 0.25) is 0 Å². The van der Waals surface area contributed by atoms with Crippen molar-refractivity contribution in [2.45, 2.75) is 44.4 Å². The van der Waals surface area contributed by atoms with Gasteiger partial charge in [0.05, 0.1) is 0 Å². The first-order valence-electron chi connectivity index (χ1n) is 7.06. The van der Waals surface area contributed by atoms with E-state index in [0.717, 1.165) is 32.4 Å². The lowest BCUT2D eigenvalue weighted by Crippen LogP contribution is -2.60. The van der Waals surface area contributed by atoms with Crippen LogP contribution in [0.4, 0.5) is 13.2 Å². The highest BCUT2D eigenvalue weighted by Gasteiger charge is 2.47. The van der Waals surface area contributed by atoms with Gasteiger partial charge in [0.15, 0.2) is 5.92 Å². The predicted molar refractivity (Wildman–Crippen MR) is 67.4 cm³/mol. The Bertz CT molecular complexity index is 362. The standard InChI is InChI=1S/C13H21F3N2O2/c1-9-6-17-5-3-2-4-10(17)7-18(9)8-11(12(19)20)13(14,15)16/h9-11H,2-8H2,1H3,(H,19,20). The topological polar surface area (TPSA) is 43.8 Å². The lowest BCUT2D eigenvalue weighted by molar-refractivity contribution is -0.198. The summed E-state index contributed by atoms with van der Waals surface area (Å²) in [5.74, 6) is -4.07. The number of carboxylic acids is 1. The number of carboxylic acid groups (broad SMARTS) is 1. The molecule has 0 aromatic rings. The van der Waals surface area contributed by atoms with Crippen LogP contribution in [0.3, 0.4) is 0 Å². The number of aliphatic carboxylic acids is 1.